The van der Waals surface area contributed by atoms with Crippen molar-refractivity contribution in [2.45, 2.75) is 149 Å². The highest BCUT2D eigenvalue weighted by Crippen LogP contribution is 2.47. The van der Waals surface area contributed by atoms with Crippen LogP contribution in [-0.4, -0.2) is 306 Å². The van der Waals surface area contributed by atoms with Crippen LogP contribution in [0.25, 0.3) is 11.1 Å². The van der Waals surface area contributed by atoms with Gasteiger partial charge in [0.05, 0.1) is 81.3 Å². The topological polar surface area (TPSA) is 515 Å². The molecule has 0 amide bonds. The van der Waals surface area contributed by atoms with Crippen molar-refractivity contribution in [1.82, 2.24) is 0 Å². The predicted molar refractivity (Wildman–Crippen MR) is 325 cm³/mol. The lowest BCUT2D eigenvalue weighted by Crippen LogP contribution is -2.59. The molecule has 0 saturated carbocycles. The number of phenols is 4. The van der Waals surface area contributed by atoms with Crippen LogP contribution in [0.3, 0.4) is 0 Å². The molecule has 0 aliphatic carbocycles. The van der Waals surface area contributed by atoms with Gasteiger partial charge in [0.2, 0.25) is 0 Å². The standard InChI is InChI=1S/C64H90O32/c1-85-39-15-27(5-7-37(39)69)9-31(23-89-61-57(81)53(77)49(73)43(19-65)93-61)33(25-91-63-59(83)55(79)51(75)45(21-67)95-63)11-29-13-35(47(71)41(17-29)87-3)36-14-30(18-42(88-4)48(36)72)12-34(26-92-64-60(84)56(80)52(76)46(22-68)96-64)32(10-28-6-8-38(70)40(16-28)86-2)24-90-62-58(82)54(78)50(74)44(20-66)94-62/h5-8,13-18,31-34,43-46,49-84H,9-12,19-26H2,1-4H3/t31-,32-,33-,34-,43-,44-,45-,46-,49-,50-,51-,52-,53+,54+,55+,56+,57+,58+,59+,60+,61-,62-,63+,64+/m1/s1. The fourth-order valence-corrected chi connectivity index (χ4v) is 12.3. The van der Waals surface area contributed by atoms with Crippen LogP contribution in [0, 0.1) is 23.7 Å². The first kappa shape index (κ1) is 76.1. The average Bonchev–Trinajstić information content (AvgIpc) is 0.782. The first-order valence-corrected chi connectivity index (χ1v) is 31.0. The van der Waals surface area contributed by atoms with E-state index < -0.39 is 211 Å². The van der Waals surface area contributed by atoms with Crippen LogP contribution >= 0.6 is 0 Å². The van der Waals surface area contributed by atoms with E-state index in [1.165, 1.54) is 77.0 Å². The lowest BCUT2D eigenvalue weighted by atomic mass is 9.82. The van der Waals surface area contributed by atoms with Crippen LogP contribution in [0.15, 0.2) is 60.7 Å². The Morgan fingerprint density at radius 2 is 0.552 bits per heavy atom. The summed E-state index contributed by atoms with van der Waals surface area (Å²) < 4.78 is 70.1. The van der Waals surface area contributed by atoms with Crippen molar-refractivity contribution in [3.05, 3.63) is 82.9 Å². The molecule has 0 bridgehead atoms. The van der Waals surface area contributed by atoms with Gasteiger partial charge < -0.3 is 159 Å². The minimum atomic E-state index is -1.88. The van der Waals surface area contributed by atoms with Gasteiger partial charge >= 0.3 is 0 Å². The quantitative estimate of drug-likeness (QED) is 0.0226. The van der Waals surface area contributed by atoms with E-state index in [4.69, 9.17) is 56.8 Å². The lowest BCUT2D eigenvalue weighted by molar-refractivity contribution is -0.308. The Morgan fingerprint density at radius 1 is 0.312 bits per heavy atom. The molecule has 0 unspecified atom stereocenters. The highest BCUT2D eigenvalue weighted by atomic mass is 16.7. The Bertz CT molecular complexity index is 2880. The van der Waals surface area contributed by atoms with Crippen LogP contribution in [0.2, 0.25) is 0 Å². The number of hydrogen-bond acceptors (Lipinski definition) is 32. The summed E-state index contributed by atoms with van der Waals surface area (Å²) in [7, 11) is 5.17. The Hall–Kier alpha value is -5.68. The first-order chi connectivity index (χ1) is 45.8. The van der Waals surface area contributed by atoms with Crippen molar-refractivity contribution in [2.24, 2.45) is 23.7 Å². The van der Waals surface area contributed by atoms with E-state index in [-0.39, 0.29) is 71.3 Å². The van der Waals surface area contributed by atoms with Crippen molar-refractivity contribution >= 4 is 0 Å². The van der Waals surface area contributed by atoms with Crippen LogP contribution in [-0.2, 0) is 63.6 Å². The predicted octanol–water partition coefficient (Wildman–Crippen LogP) is -4.49. The molecule has 8 rings (SSSR count). The van der Waals surface area contributed by atoms with E-state index in [0.717, 1.165) is 0 Å². The van der Waals surface area contributed by atoms with Crippen molar-refractivity contribution < 1.29 is 159 Å². The van der Waals surface area contributed by atoms with Crippen molar-refractivity contribution in [3.8, 4) is 57.1 Å². The third-order valence-electron chi connectivity index (χ3n) is 18.1. The molecule has 32 heteroatoms. The number of aliphatic hydroxyl groups is 16. The molecule has 0 aromatic heterocycles. The van der Waals surface area contributed by atoms with E-state index in [2.05, 4.69) is 0 Å². The zero-order valence-electron chi connectivity index (χ0n) is 53.0. The summed E-state index contributed by atoms with van der Waals surface area (Å²) in [5.74, 6) is -5.18. The van der Waals surface area contributed by atoms with E-state index in [9.17, 15) is 102 Å². The minimum Gasteiger partial charge on any atom is -0.504 e. The van der Waals surface area contributed by atoms with Crippen molar-refractivity contribution in [1.29, 1.82) is 0 Å². The summed E-state index contributed by atoms with van der Waals surface area (Å²) in [5.41, 5.74) is 1.52. The zero-order chi connectivity index (χ0) is 70.0. The molecular weight excluding hydrogens is 1280 g/mol. The fraction of sp³-hybridized carbons (Fsp3) is 0.625. The van der Waals surface area contributed by atoms with Gasteiger partial charge in [0.1, 0.15) is 97.7 Å². The number of methoxy groups -OCH3 is 4. The Kier molecular flexibility index (Phi) is 27.3. The molecule has 4 aromatic rings. The second kappa shape index (κ2) is 34.4. The molecule has 4 aromatic carbocycles. The molecule has 20 N–H and O–H groups in total. The van der Waals surface area contributed by atoms with E-state index in [1.54, 1.807) is 12.1 Å². The van der Waals surface area contributed by atoms with E-state index in [1.807, 2.05) is 0 Å². The molecular formula is C64H90O32. The molecule has 32 nitrogen and oxygen atoms in total. The number of aromatic hydroxyl groups is 4. The van der Waals surface area contributed by atoms with E-state index in [0.29, 0.717) is 22.3 Å². The molecule has 0 radical (unpaired) electrons. The zero-order valence-corrected chi connectivity index (χ0v) is 53.0. The van der Waals surface area contributed by atoms with Crippen LogP contribution in [0.5, 0.6) is 46.0 Å². The number of rotatable bonds is 31. The van der Waals surface area contributed by atoms with Gasteiger partial charge in [0.15, 0.2) is 71.2 Å². The Labute approximate surface area is 550 Å². The molecule has 4 aliphatic heterocycles. The summed E-state index contributed by atoms with van der Waals surface area (Å²) >= 11 is 0. The normalized spacial score (nSPS) is 32.2. The van der Waals surface area contributed by atoms with Gasteiger partial charge in [-0.25, -0.2) is 0 Å². The van der Waals surface area contributed by atoms with Gasteiger partial charge in [-0.05, 0) is 120 Å². The highest BCUT2D eigenvalue weighted by molar-refractivity contribution is 5.81. The van der Waals surface area contributed by atoms with Gasteiger partial charge in [-0.2, -0.15) is 0 Å². The number of phenolic OH excluding ortho intramolecular Hbond substituents is 4. The second-order valence-corrected chi connectivity index (χ2v) is 24.4. The highest BCUT2D eigenvalue weighted by Gasteiger charge is 2.49. The molecule has 96 heavy (non-hydrogen) atoms. The smallest absolute Gasteiger partial charge is 0.186 e. The van der Waals surface area contributed by atoms with Gasteiger partial charge in [-0.3, -0.25) is 0 Å². The summed E-state index contributed by atoms with van der Waals surface area (Å²) in [6, 6.07) is 14.9. The second-order valence-electron chi connectivity index (χ2n) is 24.4. The monoisotopic (exact) mass is 1370 g/mol. The molecule has 0 spiro atoms. The largest absolute Gasteiger partial charge is 0.504 e. The maximum atomic E-state index is 12.2. The maximum Gasteiger partial charge on any atom is 0.186 e. The third-order valence-corrected chi connectivity index (χ3v) is 18.1. The summed E-state index contributed by atoms with van der Waals surface area (Å²) in [5, 5.41) is 216. The Morgan fingerprint density at radius 3 is 0.792 bits per heavy atom. The molecule has 24 atom stereocenters. The third kappa shape index (κ3) is 17.5. The molecule has 4 saturated heterocycles. The average molecular weight is 1370 g/mol. The molecule has 4 fully saturated rings. The van der Waals surface area contributed by atoms with Crippen molar-refractivity contribution in [2.75, 3.05) is 81.3 Å². The molecule has 4 heterocycles. The molecule has 538 valence electrons. The van der Waals surface area contributed by atoms with Gasteiger partial charge in [0, 0.05) is 11.1 Å². The number of aliphatic hydroxyl groups excluding tert-OH is 16. The van der Waals surface area contributed by atoms with Gasteiger partial charge in [0.25, 0.3) is 0 Å². The summed E-state index contributed by atoms with van der Waals surface area (Å²) in [4.78, 5) is 0. The molecule has 4 aliphatic rings. The number of hydrogen-bond donors (Lipinski definition) is 20. The van der Waals surface area contributed by atoms with Crippen molar-refractivity contribution in [3.63, 3.8) is 0 Å². The van der Waals surface area contributed by atoms with Gasteiger partial charge in [-0.15, -0.1) is 0 Å². The first-order valence-electron chi connectivity index (χ1n) is 31.0. The number of ether oxygens (including phenoxy) is 12. The maximum absolute atomic E-state index is 12.2. The lowest BCUT2D eigenvalue weighted by Gasteiger charge is -2.41. The summed E-state index contributed by atoms with van der Waals surface area (Å²) in [6.45, 7) is -4.82. The Balaban J connectivity index is 1.22. The SMILES string of the molecule is COc1cc(C[C@H](CO[C@@H]2O[C@H](CO)[C@@H](O)[C@H](O)[C@@H]2O)[C@@H](CO[C@H]2O[C@H](CO)[C@@H](O)[C@H](O)[C@@H]2O)Cc2cc(OC)c(O)c(-c3cc(C[C@H](CO[C@H]4O[C@H](CO)[C@@H](O)[C@H](O)[C@@H]4O)[C@@H](CO[C@@H]4O[C@H](CO)[C@@H](O)[C@H](O)[C@@H]4O)Cc4ccc(O)c(OC)c4)cc(OC)c3O)c2)ccc1O. The van der Waals surface area contributed by atoms with E-state index >= 15 is 0 Å². The van der Waals surface area contributed by atoms with Crippen LogP contribution in [0.4, 0.5) is 0 Å². The van der Waals surface area contributed by atoms with Crippen LogP contribution in [0.1, 0.15) is 22.3 Å². The van der Waals surface area contributed by atoms with Crippen LogP contribution < -0.4 is 18.9 Å². The van der Waals surface area contributed by atoms with Gasteiger partial charge in [-0.1, -0.05) is 12.1 Å². The number of benzene rings is 4. The minimum absolute atomic E-state index is 0.00891. The summed E-state index contributed by atoms with van der Waals surface area (Å²) in [6.07, 6.45) is -34.3. The fourth-order valence-electron chi connectivity index (χ4n) is 12.3.